The van der Waals surface area contributed by atoms with E-state index >= 15 is 0 Å². The van der Waals surface area contributed by atoms with Crippen molar-refractivity contribution in [3.63, 3.8) is 0 Å². The number of fused-ring (bicyclic) bond motifs is 1. The first-order valence-electron chi connectivity index (χ1n) is 12.5. The molecule has 2 unspecified atom stereocenters. The molecule has 0 spiro atoms. The topological polar surface area (TPSA) is 82.4 Å². The first-order valence-corrected chi connectivity index (χ1v) is 12.5. The summed E-state index contributed by atoms with van der Waals surface area (Å²) in [6.07, 6.45) is 5.06. The normalized spacial score (nSPS) is 24.1. The van der Waals surface area contributed by atoms with Gasteiger partial charge in [0, 0.05) is 18.4 Å². The smallest absolute Gasteiger partial charge is 0.275 e. The molecule has 7 heteroatoms. The number of amidine groups is 1. The average Bonchev–Trinajstić information content (AvgIpc) is 2.81. The van der Waals surface area contributed by atoms with Crippen molar-refractivity contribution in [3.05, 3.63) is 47.2 Å². The Morgan fingerprint density at radius 1 is 1.21 bits per heavy atom. The predicted molar refractivity (Wildman–Crippen MR) is 131 cm³/mol. The van der Waals surface area contributed by atoms with E-state index in [4.69, 9.17) is 4.74 Å². The number of aryl methyl sites for hydroxylation is 2. The van der Waals surface area contributed by atoms with Crippen LogP contribution in [0.5, 0.6) is 0 Å². The number of aliphatic imine (C=N–C) groups is 1. The second kappa shape index (κ2) is 10.0. The summed E-state index contributed by atoms with van der Waals surface area (Å²) in [4.78, 5) is 33.7. The lowest BCUT2D eigenvalue weighted by atomic mass is 9.66. The van der Waals surface area contributed by atoms with Crippen molar-refractivity contribution in [2.45, 2.75) is 83.5 Å². The molecule has 4 rings (SSSR count). The fraction of sp³-hybridized carbons (Fsp3) is 0.593. The summed E-state index contributed by atoms with van der Waals surface area (Å²) >= 11 is 0. The van der Waals surface area contributed by atoms with Gasteiger partial charge in [-0.25, -0.2) is 0 Å². The van der Waals surface area contributed by atoms with Crippen molar-refractivity contribution in [2.75, 3.05) is 19.7 Å². The van der Waals surface area contributed by atoms with Crippen molar-refractivity contribution in [3.8, 4) is 0 Å². The van der Waals surface area contributed by atoms with Crippen LogP contribution in [-0.4, -0.2) is 64.6 Å². The number of amides is 2. The van der Waals surface area contributed by atoms with E-state index < -0.39 is 12.0 Å². The number of carbonyl (C=O) groups excluding carboxylic acids is 2. The summed E-state index contributed by atoms with van der Waals surface area (Å²) in [6, 6.07) is 6.66. The van der Waals surface area contributed by atoms with Gasteiger partial charge in [-0.15, -0.1) is 0 Å². The highest BCUT2D eigenvalue weighted by atomic mass is 16.5. The number of aliphatic hydroxyl groups is 1. The average molecular weight is 468 g/mol. The third-order valence-corrected chi connectivity index (χ3v) is 7.42. The first-order chi connectivity index (χ1) is 16.2. The van der Waals surface area contributed by atoms with E-state index in [9.17, 15) is 14.7 Å². The Hall–Kier alpha value is -2.51. The maximum absolute atomic E-state index is 13.1. The molecule has 1 aliphatic carbocycles. The molecule has 3 aliphatic rings. The third-order valence-electron chi connectivity index (χ3n) is 7.42. The molecule has 0 bridgehead atoms. The zero-order valence-electron chi connectivity index (χ0n) is 20.7. The highest BCUT2D eigenvalue weighted by molar-refractivity contribution is 6.03. The van der Waals surface area contributed by atoms with Crippen LogP contribution in [0.25, 0.3) is 0 Å². The molecule has 1 aromatic carbocycles. The molecule has 2 heterocycles. The van der Waals surface area contributed by atoms with Crippen molar-refractivity contribution >= 4 is 17.6 Å². The molecule has 2 saturated heterocycles. The van der Waals surface area contributed by atoms with E-state index in [2.05, 4.69) is 43.6 Å². The minimum Gasteiger partial charge on any atom is -0.383 e. The van der Waals surface area contributed by atoms with Crippen LogP contribution in [0, 0.1) is 13.8 Å². The monoisotopic (exact) mass is 467 g/mol. The Kier molecular flexibility index (Phi) is 7.24. The van der Waals surface area contributed by atoms with Crippen LogP contribution in [-0.2, 0) is 19.7 Å². The Morgan fingerprint density at radius 3 is 2.53 bits per heavy atom. The Balaban J connectivity index is 1.75. The Morgan fingerprint density at radius 2 is 1.88 bits per heavy atom. The van der Waals surface area contributed by atoms with Gasteiger partial charge >= 0.3 is 0 Å². The van der Waals surface area contributed by atoms with Crippen molar-refractivity contribution in [1.29, 1.82) is 0 Å². The molecule has 2 aliphatic heterocycles. The van der Waals surface area contributed by atoms with Gasteiger partial charge in [0.2, 0.25) is 0 Å². The lowest BCUT2D eigenvalue weighted by Crippen LogP contribution is -2.59. The highest BCUT2D eigenvalue weighted by Gasteiger charge is 2.42. The van der Waals surface area contributed by atoms with E-state index in [1.54, 1.807) is 9.80 Å². The molecule has 184 valence electrons. The number of nitrogens with zero attached hydrogens (tertiary/aromatic N) is 3. The van der Waals surface area contributed by atoms with Crippen molar-refractivity contribution < 1.29 is 19.4 Å². The molecule has 2 amide bonds. The van der Waals surface area contributed by atoms with E-state index in [1.165, 1.54) is 30.0 Å². The molecular weight excluding hydrogens is 430 g/mol. The summed E-state index contributed by atoms with van der Waals surface area (Å²) in [5.74, 6) is -0.287. The summed E-state index contributed by atoms with van der Waals surface area (Å²) in [5.41, 5.74) is 3.79. The Bertz CT molecular complexity index is 973. The molecule has 2 atom stereocenters. The molecule has 1 saturated carbocycles. The zero-order valence-corrected chi connectivity index (χ0v) is 20.7. The Labute approximate surface area is 202 Å². The predicted octanol–water partition coefficient (Wildman–Crippen LogP) is 3.61. The van der Waals surface area contributed by atoms with Crippen LogP contribution >= 0.6 is 0 Å². The number of hydrogen-bond donors (Lipinski definition) is 1. The van der Waals surface area contributed by atoms with Crippen LogP contribution in [0.3, 0.4) is 0 Å². The quantitative estimate of drug-likeness (QED) is 0.416. The van der Waals surface area contributed by atoms with Crippen molar-refractivity contribution in [2.24, 2.45) is 4.99 Å². The van der Waals surface area contributed by atoms with E-state index in [0.717, 1.165) is 32.1 Å². The minimum atomic E-state index is -1.21. The summed E-state index contributed by atoms with van der Waals surface area (Å²) < 4.78 is 5.90. The van der Waals surface area contributed by atoms with Crippen molar-refractivity contribution in [1.82, 2.24) is 9.80 Å². The molecule has 0 radical (unpaired) electrons. The van der Waals surface area contributed by atoms with Crippen LogP contribution in [0.15, 0.2) is 35.5 Å². The van der Waals surface area contributed by atoms with E-state index in [-0.39, 0.29) is 17.6 Å². The highest BCUT2D eigenvalue weighted by Crippen LogP contribution is 2.44. The number of ether oxygens (including phenoxy) is 1. The van der Waals surface area contributed by atoms with Crippen LogP contribution < -0.4 is 0 Å². The molecule has 3 fully saturated rings. The van der Waals surface area contributed by atoms with Crippen LogP contribution in [0.2, 0.25) is 0 Å². The van der Waals surface area contributed by atoms with Gasteiger partial charge in [0.1, 0.15) is 17.6 Å². The van der Waals surface area contributed by atoms with Gasteiger partial charge in [-0.2, -0.15) is 4.99 Å². The minimum absolute atomic E-state index is 0.183. The third kappa shape index (κ3) is 4.96. The lowest BCUT2D eigenvalue weighted by Gasteiger charge is -2.46. The second-order valence-electron chi connectivity index (χ2n) is 10.2. The summed E-state index contributed by atoms with van der Waals surface area (Å²) in [7, 11) is 0. The molecular formula is C27H37N3O4. The molecule has 1 N–H and O–H groups in total. The largest absolute Gasteiger partial charge is 0.383 e. The van der Waals surface area contributed by atoms with Gasteiger partial charge in [0.15, 0.2) is 6.23 Å². The van der Waals surface area contributed by atoms with Gasteiger partial charge in [-0.1, -0.05) is 55.2 Å². The van der Waals surface area contributed by atoms with Crippen LogP contribution in [0.1, 0.15) is 68.6 Å². The fourth-order valence-corrected chi connectivity index (χ4v) is 5.68. The molecule has 0 aromatic heterocycles. The van der Waals surface area contributed by atoms with Gasteiger partial charge in [-0.05, 0) is 45.6 Å². The second-order valence-corrected chi connectivity index (χ2v) is 10.2. The maximum atomic E-state index is 13.1. The van der Waals surface area contributed by atoms with Gasteiger partial charge in [0.05, 0.1) is 13.2 Å². The maximum Gasteiger partial charge on any atom is 0.275 e. The summed E-state index contributed by atoms with van der Waals surface area (Å²) in [6.45, 7) is 11.4. The van der Waals surface area contributed by atoms with E-state index in [1.807, 2.05) is 0 Å². The lowest BCUT2D eigenvalue weighted by molar-refractivity contribution is -0.159. The van der Waals surface area contributed by atoms with Gasteiger partial charge in [0.25, 0.3) is 11.8 Å². The summed E-state index contributed by atoms with van der Waals surface area (Å²) in [5, 5.41) is 9.94. The molecule has 1 aromatic rings. The number of rotatable bonds is 4. The molecule has 7 nitrogen and oxygen atoms in total. The number of piperazine rings is 1. The molecule has 34 heavy (non-hydrogen) atoms. The number of hydrogen-bond acceptors (Lipinski definition) is 4. The number of benzene rings is 1. The fourth-order valence-electron chi connectivity index (χ4n) is 5.68. The number of aliphatic hydroxyl groups excluding tert-OH is 1. The number of carbonyl (C=O) groups is 2. The standard InChI is InChI=1S/C27H37N3O4/c1-18-13-19(2)15-22(14-18)27(9-6-5-7-10-27)16-23(28-25(32)21(4)31)30-17-24-29(11-8-12-34-24)26(33)20(30)3/h13-15,21,24,31H,3,5-12,16-17H2,1-2,4H3/b28-23-. The SMILES string of the molecule is C=C1C(=O)N2CCCOC2CN1/C(CC1(c2cc(C)cc(C)c2)CCCCC1)=N\C(=O)C(C)O. The van der Waals surface area contributed by atoms with Crippen LogP contribution in [0.4, 0.5) is 0 Å². The zero-order chi connectivity index (χ0) is 24.5. The van der Waals surface area contributed by atoms with E-state index in [0.29, 0.717) is 37.6 Å². The first kappa shape index (κ1) is 24.6. The van der Waals surface area contributed by atoms with Gasteiger partial charge < -0.3 is 19.6 Å². The van der Waals surface area contributed by atoms with Gasteiger partial charge in [-0.3, -0.25) is 9.59 Å².